The van der Waals surface area contributed by atoms with Crippen molar-refractivity contribution in [1.29, 1.82) is 0 Å². The van der Waals surface area contributed by atoms with Crippen molar-refractivity contribution in [1.82, 2.24) is 19.7 Å². The van der Waals surface area contributed by atoms with Gasteiger partial charge in [-0.2, -0.15) is 0 Å². The van der Waals surface area contributed by atoms with Gasteiger partial charge in [0.15, 0.2) is 5.65 Å². The van der Waals surface area contributed by atoms with Crippen LogP contribution in [0, 0.1) is 6.92 Å². The second-order valence-corrected chi connectivity index (χ2v) is 6.48. The van der Waals surface area contributed by atoms with Gasteiger partial charge in [0.25, 0.3) is 0 Å². The Labute approximate surface area is 153 Å². The standard InChI is InChI=1S/C20H25N5O/c1-4-15(3)23-18(26)9-10-22-20-19(16-8-6-5-7-14(16)2)24-17-13-21-11-12-25(17)20/h5-8,11-13,15,22H,4,9-10H2,1-3H3,(H,23,26)/t15-/m1/s1. The van der Waals surface area contributed by atoms with E-state index in [4.69, 9.17) is 4.98 Å². The lowest BCUT2D eigenvalue weighted by molar-refractivity contribution is -0.121. The third-order valence-electron chi connectivity index (χ3n) is 4.49. The van der Waals surface area contributed by atoms with Crippen LogP contribution in [0.3, 0.4) is 0 Å². The van der Waals surface area contributed by atoms with Crippen LogP contribution in [0.5, 0.6) is 0 Å². The van der Waals surface area contributed by atoms with Crippen LogP contribution >= 0.6 is 0 Å². The van der Waals surface area contributed by atoms with E-state index in [1.165, 1.54) is 0 Å². The lowest BCUT2D eigenvalue weighted by Gasteiger charge is -2.13. The van der Waals surface area contributed by atoms with Gasteiger partial charge in [-0.25, -0.2) is 4.98 Å². The minimum absolute atomic E-state index is 0.0554. The normalized spacial score (nSPS) is 12.1. The molecule has 0 radical (unpaired) electrons. The molecule has 0 unspecified atom stereocenters. The minimum Gasteiger partial charge on any atom is -0.369 e. The quantitative estimate of drug-likeness (QED) is 0.684. The number of aromatic nitrogens is 3. The molecule has 26 heavy (non-hydrogen) atoms. The second-order valence-electron chi connectivity index (χ2n) is 6.48. The maximum Gasteiger partial charge on any atom is 0.221 e. The number of benzene rings is 1. The van der Waals surface area contributed by atoms with E-state index in [0.29, 0.717) is 13.0 Å². The van der Waals surface area contributed by atoms with Crippen LogP contribution in [0.1, 0.15) is 32.3 Å². The van der Waals surface area contributed by atoms with Crippen LogP contribution in [0.25, 0.3) is 16.9 Å². The van der Waals surface area contributed by atoms with Gasteiger partial charge in [0.2, 0.25) is 5.91 Å². The van der Waals surface area contributed by atoms with Crippen molar-refractivity contribution in [3.63, 3.8) is 0 Å². The Bertz CT molecular complexity index is 902. The molecule has 2 aromatic heterocycles. The van der Waals surface area contributed by atoms with Gasteiger partial charge in [-0.05, 0) is 25.8 Å². The molecule has 0 aliphatic rings. The number of carbonyl (C=O) groups is 1. The number of imidazole rings is 1. The first-order chi connectivity index (χ1) is 12.6. The molecule has 1 aromatic carbocycles. The van der Waals surface area contributed by atoms with E-state index in [1.807, 2.05) is 29.7 Å². The lowest BCUT2D eigenvalue weighted by Crippen LogP contribution is -2.33. The Hall–Kier alpha value is -2.89. The summed E-state index contributed by atoms with van der Waals surface area (Å²) in [6.07, 6.45) is 6.69. The fourth-order valence-corrected chi connectivity index (χ4v) is 2.85. The summed E-state index contributed by atoms with van der Waals surface area (Å²) < 4.78 is 1.97. The Morgan fingerprint density at radius 1 is 1.31 bits per heavy atom. The number of amides is 1. The molecule has 2 heterocycles. The van der Waals surface area contributed by atoms with Crippen molar-refractivity contribution >= 4 is 17.4 Å². The second kappa shape index (κ2) is 7.99. The Balaban J connectivity index is 1.84. The van der Waals surface area contributed by atoms with Crippen molar-refractivity contribution in [2.24, 2.45) is 0 Å². The molecule has 1 atom stereocenters. The van der Waals surface area contributed by atoms with E-state index in [9.17, 15) is 4.79 Å². The van der Waals surface area contributed by atoms with E-state index in [1.54, 1.807) is 12.4 Å². The summed E-state index contributed by atoms with van der Waals surface area (Å²) in [4.78, 5) is 20.9. The van der Waals surface area contributed by atoms with E-state index in [2.05, 4.69) is 41.6 Å². The number of carbonyl (C=O) groups excluding carboxylic acids is 1. The number of fused-ring (bicyclic) bond motifs is 1. The summed E-state index contributed by atoms with van der Waals surface area (Å²) in [6.45, 7) is 6.68. The summed E-state index contributed by atoms with van der Waals surface area (Å²) in [5.74, 6) is 0.938. The molecule has 0 saturated carbocycles. The molecule has 6 nitrogen and oxygen atoms in total. The largest absolute Gasteiger partial charge is 0.369 e. The first-order valence-corrected chi connectivity index (χ1v) is 9.01. The summed E-state index contributed by atoms with van der Waals surface area (Å²) in [5.41, 5.74) is 3.87. The first-order valence-electron chi connectivity index (χ1n) is 9.01. The van der Waals surface area contributed by atoms with Crippen LogP contribution < -0.4 is 10.6 Å². The van der Waals surface area contributed by atoms with Crippen molar-refractivity contribution < 1.29 is 4.79 Å². The average Bonchev–Trinajstić information content (AvgIpc) is 3.00. The molecular formula is C20H25N5O. The highest BCUT2D eigenvalue weighted by atomic mass is 16.1. The van der Waals surface area contributed by atoms with Crippen molar-refractivity contribution in [2.75, 3.05) is 11.9 Å². The molecule has 3 aromatic rings. The van der Waals surface area contributed by atoms with Gasteiger partial charge in [0.1, 0.15) is 11.5 Å². The molecule has 136 valence electrons. The number of anilines is 1. The van der Waals surface area contributed by atoms with Gasteiger partial charge in [0.05, 0.1) is 6.20 Å². The summed E-state index contributed by atoms with van der Waals surface area (Å²) in [5, 5.41) is 6.39. The van der Waals surface area contributed by atoms with Gasteiger partial charge >= 0.3 is 0 Å². The van der Waals surface area contributed by atoms with Crippen LogP contribution in [0.2, 0.25) is 0 Å². The topological polar surface area (TPSA) is 71.3 Å². The van der Waals surface area contributed by atoms with E-state index >= 15 is 0 Å². The Morgan fingerprint density at radius 2 is 2.12 bits per heavy atom. The molecule has 0 fully saturated rings. The summed E-state index contributed by atoms with van der Waals surface area (Å²) in [7, 11) is 0. The van der Waals surface area contributed by atoms with E-state index in [0.717, 1.165) is 34.7 Å². The number of nitrogens with zero attached hydrogens (tertiary/aromatic N) is 3. The zero-order chi connectivity index (χ0) is 18.5. The van der Waals surface area contributed by atoms with Gasteiger partial charge in [-0.1, -0.05) is 31.2 Å². The van der Waals surface area contributed by atoms with E-state index in [-0.39, 0.29) is 11.9 Å². The molecule has 1 amide bonds. The molecule has 0 spiro atoms. The zero-order valence-corrected chi connectivity index (χ0v) is 15.5. The molecule has 3 rings (SSSR count). The molecule has 0 aliphatic heterocycles. The van der Waals surface area contributed by atoms with Gasteiger partial charge < -0.3 is 10.6 Å². The van der Waals surface area contributed by atoms with Crippen LogP contribution in [0.4, 0.5) is 5.82 Å². The number of hydrogen-bond acceptors (Lipinski definition) is 4. The predicted molar refractivity (Wildman–Crippen MR) is 104 cm³/mol. The predicted octanol–water partition coefficient (Wildman–Crippen LogP) is 3.42. The van der Waals surface area contributed by atoms with Gasteiger partial charge in [-0.3, -0.25) is 14.2 Å². The van der Waals surface area contributed by atoms with Crippen molar-refractivity contribution in [3.8, 4) is 11.3 Å². The number of hydrogen-bond donors (Lipinski definition) is 2. The third-order valence-corrected chi connectivity index (χ3v) is 4.49. The SMILES string of the molecule is CC[C@@H](C)NC(=O)CCNc1c(-c2ccccc2C)nc2cnccn12. The van der Waals surface area contributed by atoms with Crippen LogP contribution in [-0.2, 0) is 4.79 Å². The van der Waals surface area contributed by atoms with Crippen LogP contribution in [0.15, 0.2) is 42.9 Å². The monoisotopic (exact) mass is 351 g/mol. The number of aryl methyl sites for hydroxylation is 1. The molecule has 0 bridgehead atoms. The fraction of sp³-hybridized carbons (Fsp3) is 0.350. The van der Waals surface area contributed by atoms with Gasteiger partial charge in [0, 0.05) is 37.0 Å². The molecule has 0 aliphatic carbocycles. The zero-order valence-electron chi connectivity index (χ0n) is 15.5. The third kappa shape index (κ3) is 3.85. The number of nitrogens with one attached hydrogen (secondary N) is 2. The average molecular weight is 351 g/mol. The maximum atomic E-state index is 12.0. The van der Waals surface area contributed by atoms with Crippen molar-refractivity contribution in [2.45, 2.75) is 39.7 Å². The first kappa shape index (κ1) is 17.9. The van der Waals surface area contributed by atoms with Gasteiger partial charge in [-0.15, -0.1) is 0 Å². The highest BCUT2D eigenvalue weighted by Gasteiger charge is 2.15. The summed E-state index contributed by atoms with van der Waals surface area (Å²) in [6, 6.07) is 8.36. The Kier molecular flexibility index (Phi) is 5.51. The van der Waals surface area contributed by atoms with E-state index < -0.39 is 0 Å². The summed E-state index contributed by atoms with van der Waals surface area (Å²) >= 11 is 0. The smallest absolute Gasteiger partial charge is 0.221 e. The van der Waals surface area contributed by atoms with Crippen molar-refractivity contribution in [3.05, 3.63) is 48.4 Å². The molecule has 0 saturated heterocycles. The highest BCUT2D eigenvalue weighted by molar-refractivity contribution is 5.79. The lowest BCUT2D eigenvalue weighted by atomic mass is 10.1. The molecule has 6 heteroatoms. The number of rotatable bonds is 7. The van der Waals surface area contributed by atoms with Crippen LogP contribution in [-0.4, -0.2) is 32.9 Å². The fourth-order valence-electron chi connectivity index (χ4n) is 2.85. The Morgan fingerprint density at radius 3 is 2.88 bits per heavy atom. The molecule has 2 N–H and O–H groups in total. The maximum absolute atomic E-state index is 12.0. The molecular weight excluding hydrogens is 326 g/mol. The minimum atomic E-state index is 0.0554. The highest BCUT2D eigenvalue weighted by Crippen LogP contribution is 2.30.